The Morgan fingerprint density at radius 2 is 1.49 bits per heavy atom. The number of amides is 7. The number of ether oxygens (including phenoxy) is 8. The van der Waals surface area contributed by atoms with E-state index >= 15 is 0 Å². The van der Waals surface area contributed by atoms with Crippen LogP contribution < -0.4 is 50.8 Å². The first-order valence-corrected chi connectivity index (χ1v) is 30.7. The van der Waals surface area contributed by atoms with E-state index in [1.807, 2.05) is 30.3 Å². The number of aromatic nitrogens is 2. The first-order chi connectivity index (χ1) is 43.1. The molecule has 25 nitrogen and oxygen atoms in total. The molecule has 5 aromatic rings. The highest BCUT2D eigenvalue weighted by Crippen LogP contribution is 2.47. The van der Waals surface area contributed by atoms with Crippen LogP contribution in [0.2, 0.25) is 0 Å². The third-order valence-corrected chi connectivity index (χ3v) is 15.6. The number of aliphatic hydroxyl groups is 1. The van der Waals surface area contributed by atoms with E-state index in [2.05, 4.69) is 26.3 Å². The number of benzene rings is 3. The van der Waals surface area contributed by atoms with Gasteiger partial charge in [-0.05, 0) is 86.0 Å². The molecular formula is C63H84ClN9O16. The van der Waals surface area contributed by atoms with Gasteiger partial charge in [-0.15, -0.1) is 11.6 Å². The minimum atomic E-state index is -1.24. The second-order valence-corrected chi connectivity index (χ2v) is 22.1. The Labute approximate surface area is 522 Å². The van der Waals surface area contributed by atoms with Gasteiger partial charge in [-0.1, -0.05) is 38.5 Å². The lowest BCUT2D eigenvalue weighted by Gasteiger charge is -2.25. The number of methoxy groups -OCH3 is 3. The smallest absolute Gasteiger partial charge is 0.274 e. The zero-order valence-electron chi connectivity index (χ0n) is 51.3. The number of anilines is 2. The summed E-state index contributed by atoms with van der Waals surface area (Å²) in [5, 5.41) is 22.4. The highest BCUT2D eigenvalue weighted by atomic mass is 35.5. The molecular weight excluding hydrogens is 1170 g/mol. The number of fused-ring (bicyclic) bond motifs is 4. The normalized spacial score (nSPS) is 15.3. The van der Waals surface area contributed by atoms with Crippen LogP contribution in [-0.4, -0.2) is 186 Å². The number of pyridine rings is 1. The van der Waals surface area contributed by atoms with Crippen molar-refractivity contribution in [2.75, 3.05) is 116 Å². The maximum absolute atomic E-state index is 14.5. The molecule has 26 heteroatoms. The molecule has 1 saturated heterocycles. The summed E-state index contributed by atoms with van der Waals surface area (Å²) in [5.74, 6) is -1.16. The fourth-order valence-electron chi connectivity index (χ4n) is 10.5. The third kappa shape index (κ3) is 18.9. The van der Waals surface area contributed by atoms with Crippen molar-refractivity contribution in [2.45, 2.75) is 102 Å². The van der Waals surface area contributed by atoms with Crippen LogP contribution in [0.25, 0.3) is 21.8 Å². The van der Waals surface area contributed by atoms with Gasteiger partial charge in [0.1, 0.15) is 41.8 Å². The molecule has 0 bridgehead atoms. The Balaban J connectivity index is 0.805. The van der Waals surface area contributed by atoms with Crippen molar-refractivity contribution in [3.8, 4) is 23.0 Å². The van der Waals surface area contributed by atoms with Gasteiger partial charge in [0.25, 0.3) is 11.8 Å². The molecule has 2 aromatic heterocycles. The van der Waals surface area contributed by atoms with Gasteiger partial charge in [-0.3, -0.25) is 43.4 Å². The predicted molar refractivity (Wildman–Crippen MR) is 333 cm³/mol. The topological polar surface area (TPSA) is 323 Å². The van der Waals surface area contributed by atoms with E-state index < -0.39 is 41.8 Å². The average Bonchev–Trinajstić information content (AvgIpc) is 1.70. The number of carbonyl (C=O) groups excluding carboxylic acids is 7. The van der Waals surface area contributed by atoms with Crippen LogP contribution in [0.15, 0.2) is 60.8 Å². The fraction of sp³-hybridized carbons (Fsp3) is 0.524. The molecule has 0 aliphatic carbocycles. The largest absolute Gasteiger partial charge is 0.493 e. The Morgan fingerprint density at radius 3 is 2.15 bits per heavy atom. The van der Waals surface area contributed by atoms with E-state index in [4.69, 9.17) is 60.2 Å². The van der Waals surface area contributed by atoms with Crippen LogP contribution in [0.3, 0.4) is 0 Å². The molecule has 7 amide bonds. The van der Waals surface area contributed by atoms with E-state index in [1.165, 1.54) is 21.3 Å². The Bertz CT molecular complexity index is 3200. The maximum Gasteiger partial charge on any atom is 0.274 e. The van der Waals surface area contributed by atoms with Gasteiger partial charge in [-0.25, -0.2) is 0 Å². The number of alkyl halides is 1. The van der Waals surface area contributed by atoms with Gasteiger partial charge in [0.05, 0.1) is 91.8 Å². The molecule has 89 heavy (non-hydrogen) atoms. The second-order valence-electron chi connectivity index (χ2n) is 21.8. The highest BCUT2D eigenvalue weighted by Gasteiger charge is 2.38. The van der Waals surface area contributed by atoms with Crippen LogP contribution in [0.4, 0.5) is 11.4 Å². The van der Waals surface area contributed by atoms with Crippen LogP contribution >= 0.6 is 11.6 Å². The van der Waals surface area contributed by atoms with E-state index in [9.17, 15) is 38.7 Å². The van der Waals surface area contributed by atoms with Gasteiger partial charge < -0.3 is 79.9 Å². The maximum atomic E-state index is 14.5. The predicted octanol–water partition coefficient (Wildman–Crippen LogP) is 5.25. The molecule has 4 atom stereocenters. The Hall–Kier alpha value is -7.65. The zero-order chi connectivity index (χ0) is 63.8. The standard InChI is InChI=1S/C63H84ClN9O16/c1-39(2)55(71-52(76)19-24-85-26-28-87-30-31-88-29-27-86-25-22-66-51(75)14-7-6-10-23-72-53(77)35-48(74)63(72)81)61(79)70-45(13-8-9-20-65)60(78)68-43-17-15-40(16-18-43)38-89-49-34-47-54(44-12-11-21-67-57(44)49)42(36-64)37-73(47)62(80)46-32-41-33-50(82-3)58(83-4)59(84-5)56(41)69-46/h11-12,15-18,21,32-34,39,42,45,48,55,69,74H,6-10,13-14,19-20,22-31,35-38,65H2,1-5H3,(H,66,75)(H,68,78)(H,70,79)(H,71,76)/t42?,45-,48?,55?/m0/s1. The number of carbonyl (C=O) groups is 7. The third-order valence-electron chi connectivity index (χ3n) is 15.2. The fourth-order valence-corrected chi connectivity index (χ4v) is 10.8. The number of nitrogens with zero attached hydrogens (tertiary/aromatic N) is 3. The van der Waals surface area contributed by atoms with Crippen molar-refractivity contribution in [1.82, 2.24) is 30.8 Å². The number of nitrogens with one attached hydrogen (secondary N) is 5. The highest BCUT2D eigenvalue weighted by molar-refractivity contribution is 6.19. The number of halogens is 1. The second kappa shape index (κ2) is 34.9. The summed E-state index contributed by atoms with van der Waals surface area (Å²) in [6.07, 6.45) is 3.96. The minimum Gasteiger partial charge on any atom is -0.493 e. The summed E-state index contributed by atoms with van der Waals surface area (Å²) < 4.78 is 45.5. The van der Waals surface area contributed by atoms with E-state index in [1.54, 1.807) is 49.2 Å². The van der Waals surface area contributed by atoms with Crippen LogP contribution in [-0.2, 0) is 54.3 Å². The Kier molecular flexibility index (Phi) is 27.0. The van der Waals surface area contributed by atoms with E-state index in [0.29, 0.717) is 154 Å². The van der Waals surface area contributed by atoms with Crippen LogP contribution in [0.5, 0.6) is 23.0 Å². The monoisotopic (exact) mass is 1260 g/mol. The van der Waals surface area contributed by atoms with Gasteiger partial charge in [0, 0.05) is 73.0 Å². The van der Waals surface area contributed by atoms with Gasteiger partial charge in [-0.2, -0.15) is 0 Å². The molecule has 1 fully saturated rings. The van der Waals surface area contributed by atoms with Gasteiger partial charge >= 0.3 is 0 Å². The number of aromatic amines is 1. The number of rotatable bonds is 39. The van der Waals surface area contributed by atoms with E-state index in [-0.39, 0.29) is 81.3 Å². The number of unbranched alkanes of at least 4 members (excludes halogenated alkanes) is 3. The number of imide groups is 1. The lowest BCUT2D eigenvalue weighted by Crippen LogP contribution is -2.54. The van der Waals surface area contributed by atoms with Crippen molar-refractivity contribution in [3.63, 3.8) is 0 Å². The summed E-state index contributed by atoms with van der Waals surface area (Å²) in [6, 6.07) is 14.4. The summed E-state index contributed by atoms with van der Waals surface area (Å²) >= 11 is 6.60. The SMILES string of the molecule is COc1cc2cc(C(=O)N3CC(CCl)c4c3cc(OCc3ccc(NC(=O)[C@H](CCCCN)NC(=O)C(NC(=O)CCOCCOCCOCCOCCNC(=O)CCCCCN5C(=O)CC(O)C5=O)C(C)C)cc3)c3ncccc43)[nH]c2c(OC)c1OC. The van der Waals surface area contributed by atoms with Gasteiger partial charge in [0.15, 0.2) is 11.5 Å². The summed E-state index contributed by atoms with van der Waals surface area (Å²) in [6.45, 7) is 7.34. The number of nitrogens with two attached hydrogens (primary N) is 1. The van der Waals surface area contributed by atoms with E-state index in [0.717, 1.165) is 21.4 Å². The number of hydrogen-bond acceptors (Lipinski definition) is 18. The summed E-state index contributed by atoms with van der Waals surface area (Å²) in [5.41, 5.74) is 10.1. The molecule has 0 saturated carbocycles. The average molecular weight is 1260 g/mol. The van der Waals surface area contributed by atoms with Crippen molar-refractivity contribution >= 4 is 86.1 Å². The molecule has 4 heterocycles. The molecule has 0 spiro atoms. The zero-order valence-corrected chi connectivity index (χ0v) is 52.0. The lowest BCUT2D eigenvalue weighted by atomic mass is 9.97. The van der Waals surface area contributed by atoms with Crippen molar-refractivity contribution in [3.05, 3.63) is 77.6 Å². The summed E-state index contributed by atoms with van der Waals surface area (Å²) in [7, 11) is 4.57. The molecule has 2 aliphatic rings. The van der Waals surface area contributed by atoms with Crippen molar-refractivity contribution < 1.29 is 76.6 Å². The summed E-state index contributed by atoms with van der Waals surface area (Å²) in [4.78, 5) is 101. The molecule has 8 N–H and O–H groups in total. The van der Waals surface area contributed by atoms with Crippen LogP contribution in [0, 0.1) is 5.92 Å². The first kappa shape index (κ1) is 68.8. The molecule has 2 aliphatic heterocycles. The molecule has 0 radical (unpaired) electrons. The molecule has 484 valence electrons. The molecule has 3 unspecified atom stereocenters. The number of likely N-dealkylation sites (tertiary alicyclic amines) is 1. The van der Waals surface area contributed by atoms with Crippen molar-refractivity contribution in [1.29, 1.82) is 0 Å². The van der Waals surface area contributed by atoms with Crippen molar-refractivity contribution in [2.24, 2.45) is 11.7 Å². The number of hydrogen-bond donors (Lipinski definition) is 7. The molecule has 3 aromatic carbocycles. The van der Waals surface area contributed by atoms with Crippen LogP contribution in [0.1, 0.15) is 99.2 Å². The minimum absolute atomic E-state index is 0.00290. The number of H-pyrrole nitrogens is 1. The van der Waals surface area contributed by atoms with Gasteiger partial charge in [0.2, 0.25) is 35.3 Å². The quantitative estimate of drug-likeness (QED) is 0.0150. The Morgan fingerprint density at radius 1 is 0.787 bits per heavy atom. The first-order valence-electron chi connectivity index (χ1n) is 30.1. The molecule has 7 rings (SSSR count). The number of aliphatic hydroxyl groups excluding tert-OH is 1. The lowest BCUT2D eigenvalue weighted by molar-refractivity contribution is -0.141.